The van der Waals surface area contributed by atoms with Gasteiger partial charge < -0.3 is 14.5 Å². The highest BCUT2D eigenvalue weighted by molar-refractivity contribution is 7.16. The summed E-state index contributed by atoms with van der Waals surface area (Å²) in [5.41, 5.74) is 0.832. The fourth-order valence-corrected chi connectivity index (χ4v) is 3.16. The number of thiophene rings is 1. The van der Waals surface area contributed by atoms with Crippen LogP contribution < -0.4 is 15.7 Å². The van der Waals surface area contributed by atoms with Crippen LogP contribution in [0, 0.1) is 0 Å². The van der Waals surface area contributed by atoms with Crippen molar-refractivity contribution in [3.63, 3.8) is 0 Å². The zero-order chi connectivity index (χ0) is 17.9. The van der Waals surface area contributed by atoms with E-state index in [4.69, 9.17) is 9.15 Å². The van der Waals surface area contributed by atoms with Gasteiger partial charge in [-0.15, -0.1) is 11.3 Å². The minimum atomic E-state index is -0.535. The van der Waals surface area contributed by atoms with Gasteiger partial charge in [0.1, 0.15) is 23.0 Å². The molecule has 4 aromatic rings. The van der Waals surface area contributed by atoms with Gasteiger partial charge in [-0.1, -0.05) is 12.1 Å². The molecule has 0 aliphatic heterocycles. The Kier molecular flexibility index (Phi) is 4.37. The lowest BCUT2D eigenvalue weighted by Crippen LogP contribution is -2.03. The molecule has 0 fully saturated rings. The topological polar surface area (TPSA) is 64.4 Å². The van der Waals surface area contributed by atoms with Crippen molar-refractivity contribution in [3.05, 3.63) is 76.0 Å². The summed E-state index contributed by atoms with van der Waals surface area (Å²) >= 11 is 1.38. The molecule has 0 unspecified atom stereocenters. The van der Waals surface area contributed by atoms with Gasteiger partial charge in [-0.05, 0) is 53.4 Å². The van der Waals surface area contributed by atoms with Gasteiger partial charge in [-0.3, -0.25) is 0 Å². The molecule has 2 aromatic carbocycles. The molecule has 26 heavy (non-hydrogen) atoms. The lowest BCUT2D eigenvalue weighted by atomic mass is 10.2. The summed E-state index contributed by atoms with van der Waals surface area (Å²) in [6, 6.07) is 15.7. The summed E-state index contributed by atoms with van der Waals surface area (Å²) in [7, 11) is 0. The highest BCUT2D eigenvalue weighted by atomic mass is 32.1. The molecule has 0 spiro atoms. The molecule has 0 radical (unpaired) electrons. The number of nitrogens with zero attached hydrogens (tertiary/aromatic N) is 1. The van der Waals surface area contributed by atoms with Crippen molar-refractivity contribution in [1.82, 2.24) is 4.98 Å². The average Bonchev–Trinajstić information content (AvgIpc) is 3.13. The van der Waals surface area contributed by atoms with Crippen molar-refractivity contribution in [2.45, 2.75) is 6.67 Å². The van der Waals surface area contributed by atoms with E-state index < -0.39 is 12.3 Å². The Labute approximate surface area is 151 Å². The van der Waals surface area contributed by atoms with E-state index in [1.54, 1.807) is 60.0 Å². The van der Waals surface area contributed by atoms with Gasteiger partial charge in [0.2, 0.25) is 0 Å². The number of nitrogens with one attached hydrogen (secondary N) is 1. The molecule has 0 bridgehead atoms. The van der Waals surface area contributed by atoms with Crippen LogP contribution in [-0.4, -0.2) is 4.98 Å². The molecule has 130 valence electrons. The molecule has 7 heteroatoms. The molecule has 2 heterocycles. The van der Waals surface area contributed by atoms with Crippen LogP contribution in [-0.2, 0) is 6.67 Å². The standard InChI is InChI=1S/C19H13FN2O3S/c20-11-12-2-1-3-15(10-12)24-14-6-4-13(5-7-14)21-19-22-17-16(8-9-26-17)18(23)25-19/h1-10H,11H2,(H,21,22). The third-order valence-electron chi connectivity index (χ3n) is 3.65. The first-order valence-electron chi connectivity index (χ1n) is 7.79. The summed E-state index contributed by atoms with van der Waals surface area (Å²) in [5, 5.41) is 5.23. The maximum Gasteiger partial charge on any atom is 0.349 e. The maximum absolute atomic E-state index is 12.7. The van der Waals surface area contributed by atoms with E-state index in [9.17, 15) is 9.18 Å². The highest BCUT2D eigenvalue weighted by Gasteiger charge is 2.08. The van der Waals surface area contributed by atoms with Crippen LogP contribution in [0.5, 0.6) is 11.5 Å². The minimum absolute atomic E-state index is 0.134. The Morgan fingerprint density at radius 3 is 2.77 bits per heavy atom. The van der Waals surface area contributed by atoms with Gasteiger partial charge in [0.15, 0.2) is 0 Å². The highest BCUT2D eigenvalue weighted by Crippen LogP contribution is 2.25. The smallest absolute Gasteiger partial charge is 0.349 e. The number of hydrogen-bond acceptors (Lipinski definition) is 6. The van der Waals surface area contributed by atoms with E-state index in [2.05, 4.69) is 10.3 Å². The molecule has 2 aromatic heterocycles. The van der Waals surface area contributed by atoms with Crippen LogP contribution in [0.25, 0.3) is 10.2 Å². The van der Waals surface area contributed by atoms with Crippen molar-refractivity contribution in [2.24, 2.45) is 0 Å². The molecular formula is C19H13FN2O3S. The summed E-state index contributed by atoms with van der Waals surface area (Å²) in [6.07, 6.45) is 0. The zero-order valence-electron chi connectivity index (χ0n) is 13.4. The molecule has 0 saturated carbocycles. The Morgan fingerprint density at radius 1 is 1.12 bits per heavy atom. The number of aromatic nitrogens is 1. The molecule has 0 aliphatic carbocycles. The third-order valence-corrected chi connectivity index (χ3v) is 4.46. The van der Waals surface area contributed by atoms with E-state index >= 15 is 0 Å². The Morgan fingerprint density at radius 2 is 1.96 bits per heavy atom. The van der Waals surface area contributed by atoms with Crippen molar-refractivity contribution in [2.75, 3.05) is 5.32 Å². The van der Waals surface area contributed by atoms with Gasteiger partial charge in [-0.25, -0.2) is 9.18 Å². The predicted molar refractivity (Wildman–Crippen MR) is 99.2 cm³/mol. The van der Waals surface area contributed by atoms with Gasteiger partial charge in [0, 0.05) is 5.69 Å². The van der Waals surface area contributed by atoms with Gasteiger partial charge in [0.05, 0.1) is 5.39 Å². The minimum Gasteiger partial charge on any atom is -0.457 e. The number of benzene rings is 2. The molecule has 1 N–H and O–H groups in total. The Balaban J connectivity index is 1.50. The summed E-state index contributed by atoms with van der Waals surface area (Å²) in [6.45, 7) is -0.535. The van der Waals surface area contributed by atoms with E-state index in [-0.39, 0.29) is 6.01 Å². The number of ether oxygens (including phenoxy) is 1. The zero-order valence-corrected chi connectivity index (χ0v) is 14.3. The summed E-state index contributed by atoms with van der Waals surface area (Å²) in [5.74, 6) is 1.17. The summed E-state index contributed by atoms with van der Waals surface area (Å²) < 4.78 is 23.6. The average molecular weight is 368 g/mol. The maximum atomic E-state index is 12.7. The van der Waals surface area contributed by atoms with Gasteiger partial charge in [-0.2, -0.15) is 4.98 Å². The first-order valence-corrected chi connectivity index (χ1v) is 8.67. The lowest BCUT2D eigenvalue weighted by molar-refractivity contribution is 0.468. The predicted octanol–water partition coefficient (Wildman–Crippen LogP) is 5.25. The number of halogens is 1. The number of anilines is 2. The molecule has 5 nitrogen and oxygen atoms in total. The third kappa shape index (κ3) is 3.43. The van der Waals surface area contributed by atoms with Crippen LogP contribution in [0.2, 0.25) is 0 Å². The second-order valence-corrected chi connectivity index (χ2v) is 6.37. The second kappa shape index (κ2) is 6.97. The van der Waals surface area contributed by atoms with Crippen molar-refractivity contribution >= 4 is 33.3 Å². The Bertz CT molecular complexity index is 1110. The van der Waals surface area contributed by atoms with Crippen LogP contribution in [0.15, 0.2) is 69.2 Å². The monoisotopic (exact) mass is 368 g/mol. The number of fused-ring (bicyclic) bond motifs is 1. The fraction of sp³-hybridized carbons (Fsp3) is 0.0526. The van der Waals surface area contributed by atoms with E-state index in [1.165, 1.54) is 11.3 Å². The first-order chi connectivity index (χ1) is 12.7. The number of hydrogen-bond donors (Lipinski definition) is 1. The van der Waals surface area contributed by atoms with Crippen molar-refractivity contribution < 1.29 is 13.5 Å². The Hall–Kier alpha value is -3.19. The van der Waals surface area contributed by atoms with Crippen molar-refractivity contribution in [3.8, 4) is 11.5 Å². The van der Waals surface area contributed by atoms with Gasteiger partial charge >= 0.3 is 11.6 Å². The number of alkyl halides is 1. The van der Waals surface area contributed by atoms with E-state index in [1.807, 2.05) is 0 Å². The molecule has 0 aliphatic rings. The van der Waals surface area contributed by atoms with E-state index in [0.717, 1.165) is 0 Å². The second-order valence-electron chi connectivity index (χ2n) is 5.48. The van der Waals surface area contributed by atoms with Crippen LogP contribution in [0.1, 0.15) is 5.56 Å². The SMILES string of the molecule is O=c1oc(Nc2ccc(Oc3cccc(CF)c3)cc2)nc2sccc12. The molecule has 4 rings (SSSR count). The fourth-order valence-electron chi connectivity index (χ4n) is 2.41. The molecule has 0 saturated heterocycles. The summed E-state index contributed by atoms with van der Waals surface area (Å²) in [4.78, 5) is 16.8. The van der Waals surface area contributed by atoms with Crippen LogP contribution in [0.4, 0.5) is 16.1 Å². The normalized spacial score (nSPS) is 10.8. The van der Waals surface area contributed by atoms with Crippen molar-refractivity contribution in [1.29, 1.82) is 0 Å². The molecule has 0 amide bonds. The van der Waals surface area contributed by atoms with E-state index in [0.29, 0.717) is 33.0 Å². The lowest BCUT2D eigenvalue weighted by Gasteiger charge is -2.08. The number of rotatable bonds is 5. The first kappa shape index (κ1) is 16.3. The largest absolute Gasteiger partial charge is 0.457 e. The van der Waals surface area contributed by atoms with Gasteiger partial charge in [0.25, 0.3) is 0 Å². The molecule has 0 atom stereocenters. The quantitative estimate of drug-likeness (QED) is 0.521. The van der Waals surface area contributed by atoms with Crippen LogP contribution in [0.3, 0.4) is 0 Å². The molecular weight excluding hydrogens is 355 g/mol. The van der Waals surface area contributed by atoms with Crippen LogP contribution >= 0.6 is 11.3 Å².